The Balaban J connectivity index is 1.84. The molecule has 1 aromatic rings. The number of carbonyl (C=O) groups is 1. The summed E-state index contributed by atoms with van der Waals surface area (Å²) in [6, 6.07) is 8.47. The number of nitrogens with one attached hydrogen (secondary N) is 1. The van der Waals surface area contributed by atoms with Gasteiger partial charge in [0.2, 0.25) is 5.91 Å². The van der Waals surface area contributed by atoms with Gasteiger partial charge < -0.3 is 15.0 Å². The van der Waals surface area contributed by atoms with Gasteiger partial charge in [0, 0.05) is 18.3 Å². The molecule has 0 radical (unpaired) electrons. The number of likely N-dealkylation sites (N-methyl/N-ethyl adjacent to an activating group) is 1. The molecule has 1 fully saturated rings. The lowest BCUT2D eigenvalue weighted by molar-refractivity contribution is -0.122. The van der Waals surface area contributed by atoms with Crippen molar-refractivity contribution in [2.24, 2.45) is 5.92 Å². The topological polar surface area (TPSA) is 41.6 Å². The van der Waals surface area contributed by atoms with Gasteiger partial charge in [-0.25, -0.2) is 0 Å². The first-order chi connectivity index (χ1) is 10.3. The molecule has 1 saturated heterocycles. The van der Waals surface area contributed by atoms with E-state index < -0.39 is 0 Å². The number of fused-ring (bicyclic) bond motifs is 1. The summed E-state index contributed by atoms with van der Waals surface area (Å²) in [5.74, 6) is 0.156. The molecule has 0 bridgehead atoms. The van der Waals surface area contributed by atoms with Crippen molar-refractivity contribution in [2.45, 2.75) is 32.2 Å². The zero-order valence-corrected chi connectivity index (χ0v) is 12.7. The lowest BCUT2D eigenvalue weighted by atomic mass is 10.0. The summed E-state index contributed by atoms with van der Waals surface area (Å²) in [5, 5.41) is 3.38. The molecule has 3 rings (SSSR count). The molecule has 0 saturated carbocycles. The first-order valence-electron chi connectivity index (χ1n) is 8.01. The van der Waals surface area contributed by atoms with Gasteiger partial charge in [-0.15, -0.1) is 0 Å². The Bertz CT molecular complexity index is 503. The molecule has 4 nitrogen and oxygen atoms in total. The summed E-state index contributed by atoms with van der Waals surface area (Å²) in [5.41, 5.74) is 2.39. The summed E-state index contributed by atoms with van der Waals surface area (Å²) in [6.07, 6.45) is 3.29. The molecular formula is C17H24N2O2. The summed E-state index contributed by atoms with van der Waals surface area (Å²) >= 11 is 0. The Morgan fingerprint density at radius 1 is 1.33 bits per heavy atom. The van der Waals surface area contributed by atoms with Crippen LogP contribution < -0.4 is 10.2 Å². The van der Waals surface area contributed by atoms with Gasteiger partial charge in [-0.2, -0.15) is 0 Å². The molecule has 2 unspecified atom stereocenters. The van der Waals surface area contributed by atoms with Gasteiger partial charge in [0.25, 0.3) is 0 Å². The Morgan fingerprint density at radius 3 is 3.05 bits per heavy atom. The number of nitrogens with zero attached hydrogens (tertiary/aromatic N) is 1. The number of benzene rings is 1. The maximum Gasteiger partial charge on any atom is 0.234 e. The second kappa shape index (κ2) is 6.58. The van der Waals surface area contributed by atoms with E-state index in [1.165, 1.54) is 5.56 Å². The highest BCUT2D eigenvalue weighted by Gasteiger charge is 2.37. The molecule has 1 amide bonds. The second-order valence-corrected chi connectivity index (χ2v) is 5.88. The number of ether oxygens (including phenoxy) is 1. The van der Waals surface area contributed by atoms with Crippen LogP contribution in [-0.4, -0.2) is 38.3 Å². The Hall–Kier alpha value is -1.39. The normalized spacial score (nSPS) is 25.5. The van der Waals surface area contributed by atoms with Crippen molar-refractivity contribution in [2.75, 3.05) is 31.2 Å². The molecule has 1 aromatic carbocycles. The van der Waals surface area contributed by atoms with E-state index in [4.69, 9.17) is 4.74 Å². The summed E-state index contributed by atoms with van der Waals surface area (Å²) in [6.45, 7) is 4.94. The van der Waals surface area contributed by atoms with Crippen LogP contribution in [-0.2, 0) is 16.0 Å². The van der Waals surface area contributed by atoms with E-state index >= 15 is 0 Å². The van der Waals surface area contributed by atoms with Crippen LogP contribution in [0.2, 0.25) is 0 Å². The number of rotatable bonds is 3. The number of carbonyl (C=O) groups excluding carboxylic acids is 1. The van der Waals surface area contributed by atoms with E-state index in [0.29, 0.717) is 13.2 Å². The van der Waals surface area contributed by atoms with Crippen LogP contribution in [0.15, 0.2) is 24.3 Å². The van der Waals surface area contributed by atoms with Crippen molar-refractivity contribution in [1.29, 1.82) is 0 Å². The molecule has 1 N–H and O–H groups in total. The van der Waals surface area contributed by atoms with Crippen molar-refractivity contribution in [3.8, 4) is 0 Å². The maximum atomic E-state index is 13.0. The highest BCUT2D eigenvalue weighted by atomic mass is 16.5. The van der Waals surface area contributed by atoms with E-state index in [1.54, 1.807) is 0 Å². The number of hydrogen-bond donors (Lipinski definition) is 1. The summed E-state index contributed by atoms with van der Waals surface area (Å²) in [7, 11) is 0. The van der Waals surface area contributed by atoms with Crippen molar-refractivity contribution in [1.82, 2.24) is 5.32 Å². The quantitative estimate of drug-likeness (QED) is 0.924. The molecule has 2 aliphatic heterocycles. The van der Waals surface area contributed by atoms with Crippen molar-refractivity contribution in [3.63, 3.8) is 0 Å². The van der Waals surface area contributed by atoms with Crippen molar-refractivity contribution in [3.05, 3.63) is 29.8 Å². The molecule has 4 heteroatoms. The van der Waals surface area contributed by atoms with Gasteiger partial charge in [0.15, 0.2) is 0 Å². The van der Waals surface area contributed by atoms with Gasteiger partial charge in [0.1, 0.15) is 0 Å². The van der Waals surface area contributed by atoms with E-state index in [1.807, 2.05) is 11.0 Å². The van der Waals surface area contributed by atoms with Gasteiger partial charge in [-0.05, 0) is 37.4 Å². The fraction of sp³-hybridized carbons (Fsp3) is 0.588. The number of amides is 1. The Kier molecular flexibility index (Phi) is 4.56. The lowest BCUT2D eigenvalue weighted by Crippen LogP contribution is -2.46. The predicted octanol–water partition coefficient (Wildman–Crippen LogP) is 1.98. The average Bonchev–Trinajstić information content (AvgIpc) is 2.85. The highest BCUT2D eigenvalue weighted by Crippen LogP contribution is 2.29. The molecular weight excluding hydrogens is 264 g/mol. The van der Waals surface area contributed by atoms with Crippen LogP contribution in [0.4, 0.5) is 5.69 Å². The molecule has 2 atom stereocenters. The van der Waals surface area contributed by atoms with Gasteiger partial charge in [0.05, 0.1) is 19.1 Å². The SMILES string of the molecule is CCNC1COCC1C(=O)N1CCCCc2ccccc21. The molecule has 2 aliphatic rings. The maximum absolute atomic E-state index is 13.0. The standard InChI is InChI=1S/C17H24N2O2/c1-2-18-15-12-21-11-14(15)17(20)19-10-6-5-8-13-7-3-4-9-16(13)19/h3-4,7,9,14-15,18H,2,5-6,8,10-12H2,1H3. The summed E-state index contributed by atoms with van der Waals surface area (Å²) < 4.78 is 5.54. The van der Waals surface area contributed by atoms with Crippen LogP contribution in [0.1, 0.15) is 25.3 Å². The smallest absolute Gasteiger partial charge is 0.234 e. The monoisotopic (exact) mass is 288 g/mol. The molecule has 0 aliphatic carbocycles. The first-order valence-corrected chi connectivity index (χ1v) is 8.01. The third kappa shape index (κ3) is 2.97. The lowest BCUT2D eigenvalue weighted by Gasteiger charge is -2.28. The second-order valence-electron chi connectivity index (χ2n) is 5.88. The minimum Gasteiger partial charge on any atom is -0.379 e. The Labute approximate surface area is 126 Å². The third-order valence-corrected chi connectivity index (χ3v) is 4.49. The van der Waals surface area contributed by atoms with Crippen LogP contribution in [0.3, 0.4) is 0 Å². The predicted molar refractivity (Wildman–Crippen MR) is 83.5 cm³/mol. The molecule has 0 aromatic heterocycles. The van der Waals surface area contributed by atoms with Gasteiger partial charge in [-0.1, -0.05) is 25.1 Å². The van der Waals surface area contributed by atoms with Crippen LogP contribution in [0.25, 0.3) is 0 Å². The largest absolute Gasteiger partial charge is 0.379 e. The fourth-order valence-electron chi connectivity index (χ4n) is 3.38. The third-order valence-electron chi connectivity index (χ3n) is 4.49. The minimum atomic E-state index is -0.0592. The zero-order chi connectivity index (χ0) is 14.7. The minimum absolute atomic E-state index is 0.0592. The Morgan fingerprint density at radius 2 is 2.19 bits per heavy atom. The zero-order valence-electron chi connectivity index (χ0n) is 12.7. The summed E-state index contributed by atoms with van der Waals surface area (Å²) in [4.78, 5) is 15.0. The van der Waals surface area contributed by atoms with E-state index in [9.17, 15) is 4.79 Å². The van der Waals surface area contributed by atoms with E-state index in [2.05, 4.69) is 30.4 Å². The molecule has 21 heavy (non-hydrogen) atoms. The van der Waals surface area contributed by atoms with Gasteiger partial charge in [-0.3, -0.25) is 4.79 Å². The fourth-order valence-corrected chi connectivity index (χ4v) is 3.38. The molecule has 0 spiro atoms. The first kappa shape index (κ1) is 14.5. The molecule has 114 valence electrons. The number of aryl methyl sites for hydroxylation is 1. The van der Waals surface area contributed by atoms with Crippen LogP contribution >= 0.6 is 0 Å². The highest BCUT2D eigenvalue weighted by molar-refractivity contribution is 5.96. The molecule has 2 heterocycles. The van der Waals surface area contributed by atoms with Gasteiger partial charge >= 0.3 is 0 Å². The van der Waals surface area contributed by atoms with Crippen LogP contribution in [0, 0.1) is 5.92 Å². The van der Waals surface area contributed by atoms with Crippen molar-refractivity contribution < 1.29 is 9.53 Å². The van der Waals surface area contributed by atoms with Crippen LogP contribution in [0.5, 0.6) is 0 Å². The number of hydrogen-bond acceptors (Lipinski definition) is 3. The van der Waals surface area contributed by atoms with Crippen molar-refractivity contribution >= 4 is 11.6 Å². The number of para-hydroxylation sites is 1. The number of anilines is 1. The van der Waals surface area contributed by atoms with E-state index in [-0.39, 0.29) is 17.9 Å². The van der Waals surface area contributed by atoms with E-state index in [0.717, 1.165) is 38.0 Å². The average molecular weight is 288 g/mol.